The molecule has 0 aromatic heterocycles. The molecule has 0 bridgehead atoms. The maximum Gasteiger partial charge on any atom is 0.243 e. The van der Waals surface area contributed by atoms with Gasteiger partial charge in [-0.25, -0.2) is 8.42 Å². The lowest BCUT2D eigenvalue weighted by atomic mass is 9.89. The third kappa shape index (κ3) is 2.64. The van der Waals surface area contributed by atoms with Crippen LogP contribution in [-0.2, 0) is 14.8 Å². The van der Waals surface area contributed by atoms with Crippen molar-refractivity contribution in [3.05, 3.63) is 29.3 Å². The van der Waals surface area contributed by atoms with E-state index < -0.39 is 21.3 Å². The highest BCUT2D eigenvalue weighted by molar-refractivity contribution is 7.89. The SMILES string of the molecule is Cc1cc(S(=O)(=O)N2CCC(C)(C(N)=O)C2)ccc1C#N. The van der Waals surface area contributed by atoms with Gasteiger partial charge in [-0.05, 0) is 44.0 Å². The summed E-state index contributed by atoms with van der Waals surface area (Å²) in [5.41, 5.74) is 5.57. The predicted molar refractivity (Wildman–Crippen MR) is 76.6 cm³/mol. The molecule has 7 heteroatoms. The van der Waals surface area contributed by atoms with Crippen LogP contribution in [0.2, 0.25) is 0 Å². The summed E-state index contributed by atoms with van der Waals surface area (Å²) in [5.74, 6) is -0.490. The Morgan fingerprint density at radius 3 is 2.62 bits per heavy atom. The van der Waals surface area contributed by atoms with E-state index in [1.807, 2.05) is 6.07 Å². The van der Waals surface area contributed by atoms with Crippen molar-refractivity contribution in [2.24, 2.45) is 11.1 Å². The van der Waals surface area contributed by atoms with Gasteiger partial charge in [0.05, 0.1) is 21.9 Å². The Hall–Kier alpha value is -1.91. The molecule has 0 saturated carbocycles. The summed E-state index contributed by atoms with van der Waals surface area (Å²) in [5, 5.41) is 8.89. The minimum absolute atomic E-state index is 0.0870. The Balaban J connectivity index is 2.34. The monoisotopic (exact) mass is 307 g/mol. The van der Waals surface area contributed by atoms with Crippen LogP contribution in [0.3, 0.4) is 0 Å². The minimum atomic E-state index is -3.67. The zero-order valence-corrected chi connectivity index (χ0v) is 12.8. The molecule has 21 heavy (non-hydrogen) atoms. The van der Waals surface area contributed by atoms with Gasteiger partial charge in [0.2, 0.25) is 15.9 Å². The Morgan fingerprint density at radius 2 is 2.14 bits per heavy atom. The summed E-state index contributed by atoms with van der Waals surface area (Å²) < 4.78 is 26.5. The van der Waals surface area contributed by atoms with Crippen molar-refractivity contribution < 1.29 is 13.2 Å². The van der Waals surface area contributed by atoms with Crippen LogP contribution in [0, 0.1) is 23.7 Å². The molecular formula is C14H17N3O3S. The number of hydrogen-bond acceptors (Lipinski definition) is 4. The van der Waals surface area contributed by atoms with Crippen LogP contribution >= 0.6 is 0 Å². The lowest BCUT2D eigenvalue weighted by Gasteiger charge is -2.21. The second kappa shape index (κ2) is 5.13. The van der Waals surface area contributed by atoms with Gasteiger partial charge >= 0.3 is 0 Å². The van der Waals surface area contributed by atoms with Gasteiger partial charge in [-0.1, -0.05) is 0 Å². The summed E-state index contributed by atoms with van der Waals surface area (Å²) >= 11 is 0. The van der Waals surface area contributed by atoms with Crippen LogP contribution in [0.1, 0.15) is 24.5 Å². The number of nitriles is 1. The van der Waals surface area contributed by atoms with E-state index in [1.165, 1.54) is 22.5 Å². The number of benzene rings is 1. The maximum atomic E-state index is 12.6. The van der Waals surface area contributed by atoms with Gasteiger partial charge in [0.25, 0.3) is 0 Å². The van der Waals surface area contributed by atoms with E-state index in [0.29, 0.717) is 17.5 Å². The van der Waals surface area contributed by atoms with Crippen molar-refractivity contribution in [2.45, 2.75) is 25.2 Å². The van der Waals surface area contributed by atoms with Crippen molar-refractivity contribution in [2.75, 3.05) is 13.1 Å². The highest BCUT2D eigenvalue weighted by Crippen LogP contribution is 2.33. The number of aryl methyl sites for hydroxylation is 1. The van der Waals surface area contributed by atoms with E-state index in [1.54, 1.807) is 13.8 Å². The van der Waals surface area contributed by atoms with Crippen LogP contribution in [-0.4, -0.2) is 31.7 Å². The van der Waals surface area contributed by atoms with E-state index in [2.05, 4.69) is 0 Å². The molecule has 1 amide bonds. The van der Waals surface area contributed by atoms with Gasteiger partial charge in [-0.15, -0.1) is 0 Å². The zero-order valence-electron chi connectivity index (χ0n) is 12.0. The topological polar surface area (TPSA) is 104 Å². The summed E-state index contributed by atoms with van der Waals surface area (Å²) in [6, 6.07) is 6.39. The van der Waals surface area contributed by atoms with Gasteiger partial charge in [0.1, 0.15) is 0 Å². The predicted octanol–water partition coefficient (Wildman–Crippen LogP) is 0.753. The van der Waals surface area contributed by atoms with E-state index in [0.717, 1.165) is 0 Å². The van der Waals surface area contributed by atoms with E-state index >= 15 is 0 Å². The van der Waals surface area contributed by atoms with Crippen LogP contribution in [0.25, 0.3) is 0 Å². The molecule has 6 nitrogen and oxygen atoms in total. The molecule has 1 heterocycles. The van der Waals surface area contributed by atoms with Crippen molar-refractivity contribution in [3.8, 4) is 6.07 Å². The number of nitrogens with zero attached hydrogens (tertiary/aromatic N) is 2. The van der Waals surface area contributed by atoms with E-state index in [9.17, 15) is 13.2 Å². The molecule has 1 atom stereocenters. The third-order valence-corrected chi connectivity index (χ3v) is 5.83. The Kier molecular flexibility index (Phi) is 3.78. The Morgan fingerprint density at radius 1 is 1.48 bits per heavy atom. The van der Waals surface area contributed by atoms with Crippen LogP contribution in [0.5, 0.6) is 0 Å². The van der Waals surface area contributed by atoms with Crippen molar-refractivity contribution in [1.82, 2.24) is 4.31 Å². The molecule has 1 aromatic rings. The number of carbonyl (C=O) groups excluding carboxylic acids is 1. The van der Waals surface area contributed by atoms with Gasteiger partial charge in [0.15, 0.2) is 0 Å². The summed E-state index contributed by atoms with van der Waals surface area (Å²) in [6.45, 7) is 3.72. The molecule has 1 aliphatic rings. The normalized spacial score (nSPS) is 22.9. The molecular weight excluding hydrogens is 290 g/mol. The number of sulfonamides is 1. The van der Waals surface area contributed by atoms with Crippen LogP contribution < -0.4 is 5.73 Å². The number of nitrogens with two attached hydrogens (primary N) is 1. The Labute approximate surface area is 124 Å². The number of hydrogen-bond donors (Lipinski definition) is 1. The lowest BCUT2D eigenvalue weighted by Crippen LogP contribution is -2.38. The molecule has 1 saturated heterocycles. The number of amides is 1. The summed E-state index contributed by atoms with van der Waals surface area (Å²) in [6.07, 6.45) is 0.414. The first-order valence-electron chi connectivity index (χ1n) is 6.51. The van der Waals surface area contributed by atoms with Crippen molar-refractivity contribution in [1.29, 1.82) is 5.26 Å². The highest BCUT2D eigenvalue weighted by Gasteiger charge is 2.43. The minimum Gasteiger partial charge on any atom is -0.369 e. The molecule has 112 valence electrons. The lowest BCUT2D eigenvalue weighted by molar-refractivity contribution is -0.126. The van der Waals surface area contributed by atoms with Gasteiger partial charge < -0.3 is 5.73 Å². The fraction of sp³-hybridized carbons (Fsp3) is 0.429. The molecule has 0 aliphatic carbocycles. The molecule has 1 aliphatic heterocycles. The molecule has 1 fully saturated rings. The number of primary amides is 1. The summed E-state index contributed by atoms with van der Waals surface area (Å²) in [4.78, 5) is 11.6. The second-order valence-corrected chi connectivity index (χ2v) is 7.54. The smallest absolute Gasteiger partial charge is 0.243 e. The largest absolute Gasteiger partial charge is 0.369 e. The zero-order chi connectivity index (χ0) is 15.8. The fourth-order valence-electron chi connectivity index (χ4n) is 2.40. The van der Waals surface area contributed by atoms with E-state index in [-0.39, 0.29) is 18.0 Å². The van der Waals surface area contributed by atoms with E-state index in [4.69, 9.17) is 11.0 Å². The second-order valence-electron chi connectivity index (χ2n) is 5.60. The fourth-order valence-corrected chi connectivity index (χ4v) is 4.05. The first-order chi connectivity index (χ1) is 9.70. The molecule has 1 aromatic carbocycles. The van der Waals surface area contributed by atoms with Gasteiger partial charge in [-0.2, -0.15) is 9.57 Å². The standard InChI is InChI=1S/C14H17N3O3S/c1-10-7-12(4-3-11(10)8-15)21(19,20)17-6-5-14(2,9-17)13(16)18/h3-4,7H,5-6,9H2,1-2H3,(H2,16,18). The quantitative estimate of drug-likeness (QED) is 0.889. The maximum absolute atomic E-state index is 12.6. The van der Waals surface area contributed by atoms with Crippen LogP contribution in [0.4, 0.5) is 0 Å². The first-order valence-corrected chi connectivity index (χ1v) is 7.95. The van der Waals surface area contributed by atoms with Gasteiger partial charge in [0, 0.05) is 13.1 Å². The molecule has 0 spiro atoms. The highest BCUT2D eigenvalue weighted by atomic mass is 32.2. The van der Waals surface area contributed by atoms with Crippen LogP contribution in [0.15, 0.2) is 23.1 Å². The average molecular weight is 307 g/mol. The number of rotatable bonds is 3. The summed E-state index contributed by atoms with van der Waals surface area (Å²) in [7, 11) is -3.67. The molecule has 0 radical (unpaired) electrons. The molecule has 2 N–H and O–H groups in total. The first kappa shape index (κ1) is 15.5. The van der Waals surface area contributed by atoms with Crippen molar-refractivity contribution in [3.63, 3.8) is 0 Å². The number of carbonyl (C=O) groups is 1. The average Bonchev–Trinajstić information content (AvgIpc) is 2.83. The van der Waals surface area contributed by atoms with Crippen molar-refractivity contribution >= 4 is 15.9 Å². The van der Waals surface area contributed by atoms with Gasteiger partial charge in [-0.3, -0.25) is 4.79 Å². The molecule has 2 rings (SSSR count). The Bertz CT molecular complexity index is 736. The third-order valence-electron chi connectivity index (χ3n) is 3.99. The molecule has 1 unspecified atom stereocenters.